The highest BCUT2D eigenvalue weighted by molar-refractivity contribution is 6.30. The largest absolute Gasteiger partial charge is 0.416 e. The predicted octanol–water partition coefficient (Wildman–Crippen LogP) is 5.04. The fourth-order valence-electron chi connectivity index (χ4n) is 2.92. The number of alkyl halides is 3. The maximum Gasteiger partial charge on any atom is 0.416 e. The van der Waals surface area contributed by atoms with Gasteiger partial charge >= 0.3 is 12.2 Å². The monoisotopic (exact) mass is 422 g/mol. The van der Waals surface area contributed by atoms with Gasteiger partial charge in [0.1, 0.15) is 0 Å². The molecular weight excluding hydrogens is 409 g/mol. The summed E-state index contributed by atoms with van der Waals surface area (Å²) in [6, 6.07) is 11.2. The van der Waals surface area contributed by atoms with Crippen molar-refractivity contribution < 1.29 is 22.5 Å². The van der Waals surface area contributed by atoms with Crippen LogP contribution in [0.4, 0.5) is 23.7 Å². The van der Waals surface area contributed by atoms with E-state index in [0.717, 1.165) is 12.1 Å². The number of hydrogen-bond donors (Lipinski definition) is 1. The maximum absolute atomic E-state index is 12.9. The quantitative estimate of drug-likeness (QED) is 0.642. The zero-order valence-corrected chi connectivity index (χ0v) is 15.5. The maximum atomic E-state index is 12.9. The molecule has 1 fully saturated rings. The molecule has 10 heteroatoms. The standard InChI is InChI=1S/C19H14ClF3N4O2/c20-14-5-2-6-15(8-14)24-18(28)27-9-12(10-27)17-25-16(26-29-17)11-3-1-4-13(7-11)19(21,22)23/h1-8,12H,9-10H2,(H,24,28). The fourth-order valence-corrected chi connectivity index (χ4v) is 3.11. The summed E-state index contributed by atoms with van der Waals surface area (Å²) in [6.45, 7) is 0.716. The van der Waals surface area contributed by atoms with Crippen molar-refractivity contribution in [3.05, 3.63) is 65.0 Å². The van der Waals surface area contributed by atoms with Crippen LogP contribution in [0.2, 0.25) is 5.02 Å². The van der Waals surface area contributed by atoms with Gasteiger partial charge in [0.15, 0.2) is 0 Å². The van der Waals surface area contributed by atoms with Gasteiger partial charge in [0, 0.05) is 29.4 Å². The summed E-state index contributed by atoms with van der Waals surface area (Å²) in [5, 5.41) is 7.02. The van der Waals surface area contributed by atoms with E-state index in [4.69, 9.17) is 16.1 Å². The first-order chi connectivity index (χ1) is 13.8. The lowest BCUT2D eigenvalue weighted by atomic mass is 10.0. The molecule has 0 spiro atoms. The summed E-state index contributed by atoms with van der Waals surface area (Å²) in [6.07, 6.45) is -4.45. The molecule has 4 rings (SSSR count). The third-order valence-electron chi connectivity index (χ3n) is 4.48. The van der Waals surface area contributed by atoms with E-state index in [1.807, 2.05) is 0 Å². The summed E-state index contributed by atoms with van der Waals surface area (Å²) in [4.78, 5) is 18.0. The Morgan fingerprint density at radius 2 is 1.93 bits per heavy atom. The Morgan fingerprint density at radius 3 is 2.66 bits per heavy atom. The molecule has 1 aliphatic rings. The second-order valence-electron chi connectivity index (χ2n) is 6.58. The lowest BCUT2D eigenvalue weighted by molar-refractivity contribution is -0.137. The van der Waals surface area contributed by atoms with Crippen LogP contribution in [0.1, 0.15) is 17.4 Å². The van der Waals surface area contributed by atoms with Gasteiger partial charge in [-0.2, -0.15) is 18.2 Å². The smallest absolute Gasteiger partial charge is 0.339 e. The van der Waals surface area contributed by atoms with Gasteiger partial charge in [0.2, 0.25) is 11.7 Å². The predicted molar refractivity (Wildman–Crippen MR) is 99.5 cm³/mol. The summed E-state index contributed by atoms with van der Waals surface area (Å²) < 4.78 is 43.8. The molecule has 2 heterocycles. The van der Waals surface area contributed by atoms with Crippen LogP contribution in [0.15, 0.2) is 53.1 Å². The van der Waals surface area contributed by atoms with Gasteiger partial charge in [0.25, 0.3) is 0 Å². The van der Waals surface area contributed by atoms with Crippen molar-refractivity contribution in [1.82, 2.24) is 15.0 Å². The van der Waals surface area contributed by atoms with E-state index >= 15 is 0 Å². The summed E-state index contributed by atoms with van der Waals surface area (Å²) >= 11 is 5.89. The van der Waals surface area contributed by atoms with Gasteiger partial charge in [-0.15, -0.1) is 0 Å². The van der Waals surface area contributed by atoms with Crippen molar-refractivity contribution >= 4 is 23.3 Å². The van der Waals surface area contributed by atoms with Crippen molar-refractivity contribution in [1.29, 1.82) is 0 Å². The number of carbonyl (C=O) groups is 1. The molecule has 0 bridgehead atoms. The molecule has 1 aromatic heterocycles. The number of nitrogens with one attached hydrogen (secondary N) is 1. The van der Waals surface area contributed by atoms with E-state index in [9.17, 15) is 18.0 Å². The fraction of sp³-hybridized carbons (Fsp3) is 0.211. The molecule has 1 N–H and O–H groups in total. The molecular formula is C19H14ClF3N4O2. The molecule has 1 aliphatic heterocycles. The molecule has 1 saturated heterocycles. The van der Waals surface area contributed by atoms with Crippen molar-refractivity contribution in [3.8, 4) is 11.4 Å². The summed E-state index contributed by atoms with van der Waals surface area (Å²) in [7, 11) is 0. The number of likely N-dealkylation sites (tertiary alicyclic amines) is 1. The Balaban J connectivity index is 1.39. The average molecular weight is 423 g/mol. The Hall–Kier alpha value is -3.07. The van der Waals surface area contributed by atoms with Crippen molar-refractivity contribution in [2.75, 3.05) is 18.4 Å². The molecule has 0 unspecified atom stereocenters. The van der Waals surface area contributed by atoms with Crippen molar-refractivity contribution in [2.24, 2.45) is 0 Å². The second kappa shape index (κ2) is 7.40. The minimum atomic E-state index is -4.45. The molecule has 2 amide bonds. The molecule has 0 saturated carbocycles. The van der Waals surface area contributed by atoms with Crippen LogP contribution in [-0.4, -0.2) is 34.2 Å². The highest BCUT2D eigenvalue weighted by atomic mass is 35.5. The van der Waals surface area contributed by atoms with Gasteiger partial charge in [-0.1, -0.05) is 35.0 Å². The number of benzene rings is 2. The van der Waals surface area contributed by atoms with Crippen LogP contribution in [-0.2, 0) is 6.18 Å². The van der Waals surface area contributed by atoms with E-state index in [1.54, 1.807) is 29.2 Å². The van der Waals surface area contributed by atoms with Gasteiger partial charge in [-0.05, 0) is 30.3 Å². The third-order valence-corrected chi connectivity index (χ3v) is 4.72. The van der Waals surface area contributed by atoms with Crippen molar-refractivity contribution in [3.63, 3.8) is 0 Å². The number of urea groups is 1. The topological polar surface area (TPSA) is 71.3 Å². The first-order valence-corrected chi connectivity index (χ1v) is 9.00. The number of halogens is 4. The first kappa shape index (κ1) is 19.3. The number of amides is 2. The van der Waals surface area contributed by atoms with Gasteiger partial charge in [-0.3, -0.25) is 0 Å². The second-order valence-corrected chi connectivity index (χ2v) is 7.01. The lowest BCUT2D eigenvalue weighted by Crippen LogP contribution is -2.50. The van der Waals surface area contributed by atoms with Gasteiger partial charge in [-0.25, -0.2) is 4.79 Å². The van der Waals surface area contributed by atoms with Crippen LogP contribution in [0.5, 0.6) is 0 Å². The van der Waals surface area contributed by atoms with Crippen LogP contribution >= 0.6 is 11.6 Å². The number of nitrogens with zero attached hydrogens (tertiary/aromatic N) is 3. The Morgan fingerprint density at radius 1 is 1.17 bits per heavy atom. The van der Waals surface area contributed by atoms with Crippen LogP contribution in [0.25, 0.3) is 11.4 Å². The van der Waals surface area contributed by atoms with Crippen molar-refractivity contribution in [2.45, 2.75) is 12.1 Å². The normalized spacial score (nSPS) is 14.6. The van der Waals surface area contributed by atoms with E-state index in [0.29, 0.717) is 23.8 Å². The third kappa shape index (κ3) is 4.19. The minimum absolute atomic E-state index is 0.0768. The molecule has 0 radical (unpaired) electrons. The minimum Gasteiger partial charge on any atom is -0.339 e. The Kier molecular flexibility index (Phi) is 4.91. The van der Waals surface area contributed by atoms with Crippen LogP contribution in [0, 0.1) is 0 Å². The van der Waals surface area contributed by atoms with E-state index in [-0.39, 0.29) is 29.2 Å². The Bertz CT molecular complexity index is 1050. The van der Waals surface area contributed by atoms with Crippen LogP contribution < -0.4 is 5.32 Å². The van der Waals surface area contributed by atoms with E-state index in [2.05, 4.69) is 15.5 Å². The molecule has 6 nitrogen and oxygen atoms in total. The lowest BCUT2D eigenvalue weighted by Gasteiger charge is -2.36. The SMILES string of the molecule is O=C(Nc1cccc(Cl)c1)N1CC(c2nc(-c3cccc(C(F)(F)F)c3)no2)C1. The summed E-state index contributed by atoms with van der Waals surface area (Å²) in [5.74, 6) is 0.185. The number of carbonyl (C=O) groups excluding carboxylic acids is 1. The van der Waals surface area contributed by atoms with E-state index in [1.165, 1.54) is 12.1 Å². The molecule has 150 valence electrons. The number of rotatable bonds is 3. The molecule has 2 aromatic carbocycles. The molecule has 0 atom stereocenters. The van der Waals surface area contributed by atoms with Gasteiger partial charge in [0.05, 0.1) is 11.5 Å². The average Bonchev–Trinajstić information content (AvgIpc) is 3.09. The highest BCUT2D eigenvalue weighted by Gasteiger charge is 2.36. The highest BCUT2D eigenvalue weighted by Crippen LogP contribution is 2.32. The molecule has 0 aliphatic carbocycles. The number of hydrogen-bond acceptors (Lipinski definition) is 4. The molecule has 29 heavy (non-hydrogen) atoms. The first-order valence-electron chi connectivity index (χ1n) is 8.62. The zero-order valence-electron chi connectivity index (χ0n) is 14.8. The molecule has 3 aromatic rings. The van der Waals surface area contributed by atoms with E-state index < -0.39 is 11.7 Å². The number of aromatic nitrogens is 2. The Labute approximate surface area is 168 Å². The number of anilines is 1. The van der Waals surface area contributed by atoms with Crippen LogP contribution in [0.3, 0.4) is 0 Å². The summed E-state index contributed by atoms with van der Waals surface area (Å²) in [5.41, 5.74) is 0.00846. The van der Waals surface area contributed by atoms with Gasteiger partial charge < -0.3 is 14.7 Å². The zero-order chi connectivity index (χ0) is 20.6.